The maximum Gasteiger partial charge on any atom is 0.402 e. The van der Waals surface area contributed by atoms with E-state index in [4.69, 9.17) is 5.11 Å². The summed E-state index contributed by atoms with van der Waals surface area (Å²) in [6.07, 6.45) is -4.73. The van der Waals surface area contributed by atoms with Gasteiger partial charge in [0, 0.05) is 0 Å². The fourth-order valence-electron chi connectivity index (χ4n) is 1.11. The summed E-state index contributed by atoms with van der Waals surface area (Å²) in [5, 5.41) is 18.0. The summed E-state index contributed by atoms with van der Waals surface area (Å²) in [4.78, 5) is 10.6. The molecule has 1 aromatic carbocycles. The van der Waals surface area contributed by atoms with E-state index in [0.29, 0.717) is 0 Å². The van der Waals surface area contributed by atoms with Crippen LogP contribution in [0.3, 0.4) is 0 Å². The van der Waals surface area contributed by atoms with Gasteiger partial charge in [0.05, 0.1) is 11.3 Å². The largest absolute Gasteiger partial charge is 0.506 e. The molecule has 0 amide bonds. The lowest BCUT2D eigenvalue weighted by Crippen LogP contribution is -2.37. The van der Waals surface area contributed by atoms with Crippen LogP contribution in [0.15, 0.2) is 18.2 Å². The summed E-state index contributed by atoms with van der Waals surface area (Å²) >= 11 is 0. The summed E-state index contributed by atoms with van der Waals surface area (Å²) in [5.41, 5.74) is -0.765. The Balaban J connectivity index is 2.85. The fraction of sp³-hybridized carbons (Fsp3) is 0.222. The Hall–Kier alpha value is -2.01. The van der Waals surface area contributed by atoms with E-state index in [9.17, 15) is 31.5 Å². The van der Waals surface area contributed by atoms with E-state index >= 15 is 0 Å². The number of halogens is 3. The molecule has 112 valence electrons. The maximum absolute atomic E-state index is 11.9. The third-order valence-corrected chi connectivity index (χ3v) is 2.96. The van der Waals surface area contributed by atoms with E-state index < -0.39 is 40.3 Å². The van der Waals surface area contributed by atoms with Crippen molar-refractivity contribution in [2.45, 2.75) is 6.18 Å². The van der Waals surface area contributed by atoms with Crippen LogP contribution in [0, 0.1) is 0 Å². The number of carbonyl (C=O) groups is 1. The molecule has 0 saturated carbocycles. The van der Waals surface area contributed by atoms with Gasteiger partial charge in [-0.15, -0.1) is 0 Å². The van der Waals surface area contributed by atoms with Gasteiger partial charge in [0.1, 0.15) is 12.3 Å². The Morgan fingerprint density at radius 2 is 1.90 bits per heavy atom. The van der Waals surface area contributed by atoms with Gasteiger partial charge < -0.3 is 10.2 Å². The Labute approximate surface area is 111 Å². The van der Waals surface area contributed by atoms with Crippen molar-refractivity contribution in [1.29, 1.82) is 0 Å². The summed E-state index contributed by atoms with van der Waals surface area (Å²) in [5.74, 6) is -2.09. The van der Waals surface area contributed by atoms with Crippen molar-refractivity contribution in [3.63, 3.8) is 0 Å². The van der Waals surface area contributed by atoms with Gasteiger partial charge in [-0.25, -0.2) is 4.79 Å². The van der Waals surface area contributed by atoms with Crippen molar-refractivity contribution in [3.8, 4) is 5.75 Å². The van der Waals surface area contributed by atoms with Crippen LogP contribution in [-0.2, 0) is 10.2 Å². The van der Waals surface area contributed by atoms with Gasteiger partial charge in [0.25, 0.3) is 10.2 Å². The van der Waals surface area contributed by atoms with Gasteiger partial charge in [-0.1, -0.05) is 0 Å². The molecule has 0 unspecified atom stereocenters. The van der Waals surface area contributed by atoms with E-state index in [-0.39, 0.29) is 5.56 Å². The number of anilines is 1. The zero-order chi connectivity index (χ0) is 15.6. The number of aromatic hydroxyl groups is 1. The van der Waals surface area contributed by atoms with E-state index in [1.807, 2.05) is 0 Å². The van der Waals surface area contributed by atoms with E-state index in [0.717, 1.165) is 18.2 Å². The molecule has 4 N–H and O–H groups in total. The van der Waals surface area contributed by atoms with Crippen LogP contribution in [0.1, 0.15) is 10.4 Å². The van der Waals surface area contributed by atoms with Crippen LogP contribution in [0.5, 0.6) is 5.75 Å². The molecule has 0 heterocycles. The SMILES string of the molecule is O=C(O)c1ccc(NS(=O)(=O)NCC(F)(F)F)c(O)c1. The number of hydrogen-bond donors (Lipinski definition) is 4. The van der Waals surface area contributed by atoms with Crippen molar-refractivity contribution >= 4 is 21.9 Å². The van der Waals surface area contributed by atoms with Crippen molar-refractivity contribution in [1.82, 2.24) is 4.72 Å². The highest BCUT2D eigenvalue weighted by molar-refractivity contribution is 7.90. The number of benzene rings is 1. The lowest BCUT2D eigenvalue weighted by Gasteiger charge is -2.12. The molecule has 0 spiro atoms. The molecule has 0 bridgehead atoms. The second kappa shape index (κ2) is 5.54. The van der Waals surface area contributed by atoms with Crippen LogP contribution in [0.2, 0.25) is 0 Å². The zero-order valence-corrected chi connectivity index (χ0v) is 10.4. The summed E-state index contributed by atoms with van der Waals surface area (Å²) in [6, 6.07) is 2.64. The molecule has 0 aromatic heterocycles. The fourth-order valence-corrected chi connectivity index (χ4v) is 2.00. The molecule has 0 aliphatic rings. The topological polar surface area (TPSA) is 116 Å². The third kappa shape index (κ3) is 4.93. The molecule has 0 aliphatic heterocycles. The van der Waals surface area contributed by atoms with Gasteiger partial charge in [0.2, 0.25) is 0 Å². The second-order valence-electron chi connectivity index (χ2n) is 3.58. The van der Waals surface area contributed by atoms with Crippen LogP contribution in [0.25, 0.3) is 0 Å². The molecule has 7 nitrogen and oxygen atoms in total. The molecular weight excluding hydrogens is 305 g/mol. The van der Waals surface area contributed by atoms with Crippen molar-refractivity contribution < 1.29 is 36.6 Å². The van der Waals surface area contributed by atoms with Gasteiger partial charge >= 0.3 is 12.1 Å². The predicted molar refractivity (Wildman–Crippen MR) is 61.7 cm³/mol. The monoisotopic (exact) mass is 314 g/mol. The number of carboxylic acid groups (broad SMARTS) is 1. The first-order chi connectivity index (χ1) is 9.00. The highest BCUT2D eigenvalue weighted by atomic mass is 32.2. The van der Waals surface area contributed by atoms with E-state index in [2.05, 4.69) is 0 Å². The molecule has 0 atom stereocenters. The van der Waals surface area contributed by atoms with Gasteiger partial charge in [-0.05, 0) is 18.2 Å². The van der Waals surface area contributed by atoms with Gasteiger partial charge in [-0.2, -0.15) is 26.3 Å². The number of carboxylic acids is 1. The molecule has 0 aliphatic carbocycles. The summed E-state index contributed by atoms with van der Waals surface area (Å²) < 4.78 is 61.0. The maximum atomic E-state index is 11.9. The minimum absolute atomic E-state index is 0.311. The molecule has 1 rings (SSSR count). The van der Waals surface area contributed by atoms with Crippen LogP contribution in [-0.4, -0.2) is 37.3 Å². The van der Waals surface area contributed by atoms with Gasteiger partial charge in [-0.3, -0.25) is 4.72 Å². The summed E-state index contributed by atoms with van der Waals surface area (Å²) in [6.45, 7) is -1.78. The Morgan fingerprint density at radius 3 is 2.35 bits per heavy atom. The lowest BCUT2D eigenvalue weighted by atomic mass is 10.2. The standard InChI is InChI=1S/C9H9F3N2O5S/c10-9(11,12)4-13-20(18,19)14-6-2-1-5(8(16)17)3-7(6)15/h1-3,13-15H,4H2,(H,16,17). The molecule has 0 radical (unpaired) electrons. The number of rotatable bonds is 5. The average molecular weight is 314 g/mol. The van der Waals surface area contributed by atoms with E-state index in [1.165, 1.54) is 4.72 Å². The number of phenolic OH excluding ortho intramolecular Hbond substituents is 1. The zero-order valence-electron chi connectivity index (χ0n) is 9.60. The normalized spacial score (nSPS) is 12.2. The Morgan fingerprint density at radius 1 is 1.30 bits per heavy atom. The molecule has 1 aromatic rings. The summed E-state index contributed by atoms with van der Waals surface area (Å²) in [7, 11) is -4.55. The third-order valence-electron chi connectivity index (χ3n) is 1.95. The van der Waals surface area contributed by atoms with Crippen molar-refractivity contribution in [2.24, 2.45) is 0 Å². The average Bonchev–Trinajstić information content (AvgIpc) is 2.28. The quantitative estimate of drug-likeness (QED) is 0.603. The number of phenols is 1. The highest BCUT2D eigenvalue weighted by Crippen LogP contribution is 2.25. The minimum Gasteiger partial charge on any atom is -0.506 e. The lowest BCUT2D eigenvalue weighted by molar-refractivity contribution is -0.121. The molecule has 11 heteroatoms. The van der Waals surface area contributed by atoms with Crippen LogP contribution < -0.4 is 9.44 Å². The predicted octanol–water partition coefficient (Wildman–Crippen LogP) is 0.899. The first-order valence-corrected chi connectivity index (χ1v) is 6.39. The van der Waals surface area contributed by atoms with Gasteiger partial charge in [0.15, 0.2) is 0 Å². The number of hydrogen-bond acceptors (Lipinski definition) is 4. The molecular formula is C9H9F3N2O5S. The minimum atomic E-state index is -4.73. The number of aromatic carboxylic acids is 1. The first-order valence-electron chi connectivity index (χ1n) is 4.91. The highest BCUT2D eigenvalue weighted by Gasteiger charge is 2.29. The number of nitrogens with one attached hydrogen (secondary N) is 2. The van der Waals surface area contributed by atoms with Crippen LogP contribution >= 0.6 is 0 Å². The second-order valence-corrected chi connectivity index (χ2v) is 5.08. The van der Waals surface area contributed by atoms with Crippen molar-refractivity contribution in [3.05, 3.63) is 23.8 Å². The van der Waals surface area contributed by atoms with Crippen LogP contribution in [0.4, 0.5) is 18.9 Å². The molecule has 0 saturated heterocycles. The van der Waals surface area contributed by atoms with E-state index in [1.54, 1.807) is 4.72 Å². The number of alkyl halides is 3. The Bertz CT molecular complexity index is 614. The van der Waals surface area contributed by atoms with Crippen molar-refractivity contribution in [2.75, 3.05) is 11.3 Å². The first kappa shape index (κ1) is 16.0. The molecule has 0 fully saturated rings. The molecule has 20 heavy (non-hydrogen) atoms. The smallest absolute Gasteiger partial charge is 0.402 e. The Kier molecular flexibility index (Phi) is 4.45.